The van der Waals surface area contributed by atoms with Crippen molar-refractivity contribution in [2.24, 2.45) is 8.73 Å². The van der Waals surface area contributed by atoms with Gasteiger partial charge in [-0.15, -0.1) is 30.6 Å². The smallest absolute Gasteiger partial charge is 0.456 e. The monoisotopic (exact) mass is 1790 g/mol. The molecule has 9 aromatic rings. The molecule has 0 spiro atoms. The number of halogens is 5. The molecule has 0 bridgehead atoms. The Bertz CT molecular complexity index is 4840. The van der Waals surface area contributed by atoms with Crippen molar-refractivity contribution in [3.8, 4) is 45.8 Å². The molecule has 0 aliphatic carbocycles. The van der Waals surface area contributed by atoms with Gasteiger partial charge >= 0.3 is 19.1 Å². The Hall–Kier alpha value is -5.46. The van der Waals surface area contributed by atoms with Crippen LogP contribution in [0.4, 0.5) is 11.6 Å². The van der Waals surface area contributed by atoms with E-state index in [1.54, 1.807) is 66.0 Å². The van der Waals surface area contributed by atoms with Gasteiger partial charge in [0.15, 0.2) is 35.1 Å². The number of rotatable bonds is 20. The third-order valence-corrected chi connectivity index (χ3v) is 24.4. The van der Waals surface area contributed by atoms with Crippen molar-refractivity contribution in [3.05, 3.63) is 121 Å². The quantitative estimate of drug-likeness (QED) is 0.0529. The molecule has 12 heterocycles. The number of hydrogen-bond donors (Lipinski definition) is 2. The van der Waals surface area contributed by atoms with Gasteiger partial charge in [0.25, 0.3) is 0 Å². The maximum atomic E-state index is 12.0. The highest BCUT2D eigenvalue weighted by Crippen LogP contribution is 2.40. The first kappa shape index (κ1) is 83.5. The van der Waals surface area contributed by atoms with Gasteiger partial charge in [0.05, 0.1) is 64.8 Å². The Labute approximate surface area is 666 Å². The van der Waals surface area contributed by atoms with Crippen molar-refractivity contribution in [1.29, 1.82) is 0 Å². The van der Waals surface area contributed by atoms with Crippen molar-refractivity contribution in [2.75, 3.05) is 64.7 Å². The number of aliphatic hydroxyl groups excluding tert-OH is 2. The fraction of sp³-hybridized carbons (Fsp3) is 0.486. The minimum Gasteiger partial charge on any atom is -0.456 e. The first-order chi connectivity index (χ1) is 50.8. The van der Waals surface area contributed by atoms with E-state index in [1.807, 2.05) is 92.9 Å². The Balaban J connectivity index is 0.000000171. The van der Waals surface area contributed by atoms with Gasteiger partial charge in [-0.3, -0.25) is 9.13 Å². The number of aliphatic hydroxyl groups is 2. The highest BCUT2D eigenvalue weighted by molar-refractivity contribution is 9.11. The lowest BCUT2D eigenvalue weighted by Crippen LogP contribution is -2.41. The van der Waals surface area contributed by atoms with E-state index in [9.17, 15) is 18.6 Å². The van der Waals surface area contributed by atoms with Gasteiger partial charge in [0.2, 0.25) is 0 Å². The fourth-order valence-corrected chi connectivity index (χ4v) is 15.2. The van der Waals surface area contributed by atoms with Crippen LogP contribution < -0.4 is 14.9 Å². The number of ether oxygens (including phenoxy) is 8. The molecule has 8 atom stereocenters. The molecule has 2 aromatic carbocycles. The molecule has 5 saturated heterocycles. The summed E-state index contributed by atoms with van der Waals surface area (Å²) in [6.07, 6.45) is 2.42. The molecule has 28 nitrogen and oxygen atoms in total. The number of imidazole rings is 2. The van der Waals surface area contributed by atoms with E-state index in [4.69, 9.17) is 90.3 Å². The average molecular weight is 1790 g/mol. The molecule has 108 heavy (non-hydrogen) atoms. The van der Waals surface area contributed by atoms with E-state index in [1.165, 1.54) is 0 Å². The zero-order valence-electron chi connectivity index (χ0n) is 62.3. The first-order valence-corrected chi connectivity index (χ1v) is 49.9. The van der Waals surface area contributed by atoms with Crippen LogP contribution in [-0.2, 0) is 70.6 Å². The van der Waals surface area contributed by atoms with Gasteiger partial charge in [-0.05, 0) is 142 Å². The van der Waals surface area contributed by atoms with E-state index in [2.05, 4.69) is 126 Å². The van der Waals surface area contributed by atoms with Gasteiger partial charge in [-0.1, -0.05) is 111 Å². The van der Waals surface area contributed by atoms with Crippen molar-refractivity contribution < 1.29 is 65.8 Å². The van der Waals surface area contributed by atoms with Crippen molar-refractivity contribution in [2.45, 2.75) is 153 Å². The lowest BCUT2D eigenvalue weighted by atomic mass is 9.79. The summed E-state index contributed by atoms with van der Waals surface area (Å²) in [4.78, 5) is 19.4. The second-order valence-electron chi connectivity index (χ2n) is 30.3. The molecule has 580 valence electrons. The Morgan fingerprint density at radius 1 is 0.528 bits per heavy atom. The molecule has 0 unspecified atom stereocenters. The molecule has 38 heteroatoms. The minimum absolute atomic E-state index is 0.195. The molecule has 5 aliphatic heterocycles. The zero-order valence-corrected chi connectivity index (χ0v) is 72.2. The second-order valence-corrected chi connectivity index (χ2v) is 49.9. The van der Waals surface area contributed by atoms with Crippen LogP contribution >= 0.6 is 71.0 Å². The fourth-order valence-electron chi connectivity index (χ4n) is 11.5. The maximum Gasteiger partial charge on any atom is 0.494 e. The predicted octanol–water partition coefficient (Wildman–Crippen LogP) is 12.7. The van der Waals surface area contributed by atoms with Crippen LogP contribution in [-0.4, -0.2) is 226 Å². The van der Waals surface area contributed by atoms with Gasteiger partial charge in [0, 0.05) is 90.5 Å². The molecule has 5 aliphatic rings. The van der Waals surface area contributed by atoms with E-state index in [-0.39, 0.29) is 45.5 Å². The molecule has 0 radical (unpaired) electrons. The van der Waals surface area contributed by atoms with Crippen LogP contribution in [0.5, 0.6) is 12.0 Å². The summed E-state index contributed by atoms with van der Waals surface area (Å²) >= 11 is 23.0. The highest BCUT2D eigenvalue weighted by Gasteiger charge is 2.53. The van der Waals surface area contributed by atoms with Crippen LogP contribution in [0.1, 0.15) is 27.7 Å². The lowest BCUT2D eigenvalue weighted by Gasteiger charge is -2.32. The van der Waals surface area contributed by atoms with Crippen LogP contribution in [0.2, 0.25) is 61.4 Å². The van der Waals surface area contributed by atoms with Crippen LogP contribution in [0.15, 0.2) is 120 Å². The molecule has 0 amide bonds. The van der Waals surface area contributed by atoms with Crippen LogP contribution in [0.3, 0.4) is 0 Å². The number of pyridine rings is 2. The summed E-state index contributed by atoms with van der Waals surface area (Å²) in [5.41, 5.74) is 6.76. The van der Waals surface area contributed by atoms with Crippen molar-refractivity contribution in [1.82, 2.24) is 59.7 Å². The molecule has 2 N–H and O–H groups in total. The normalized spacial score (nSPS) is 21.5. The number of fused-ring (bicyclic) bond motifs is 4. The second kappa shape index (κ2) is 34.9. The molecule has 7 aromatic heterocycles. The van der Waals surface area contributed by atoms with E-state index >= 15 is 0 Å². The molecule has 5 fully saturated rings. The Morgan fingerprint density at radius 2 is 0.907 bits per heavy atom. The zero-order chi connectivity index (χ0) is 77.8. The number of nitrogens with zero attached hydrogens (tertiary/aromatic N) is 14. The Kier molecular flexibility index (Phi) is 27.0. The summed E-state index contributed by atoms with van der Waals surface area (Å²) in [5.74, 6) is 0.723. The number of benzene rings is 2. The van der Waals surface area contributed by atoms with Gasteiger partial charge < -0.3 is 57.4 Å². The predicted molar refractivity (Wildman–Crippen MR) is 432 cm³/mol. The Morgan fingerprint density at radius 3 is 1.29 bits per heavy atom. The third-order valence-electron chi connectivity index (χ3n) is 17.8. The average Bonchev–Trinajstić information content (AvgIpc) is 1.60. The largest absolute Gasteiger partial charge is 0.494 e. The summed E-state index contributed by atoms with van der Waals surface area (Å²) in [7, 11) is -7.49. The van der Waals surface area contributed by atoms with Gasteiger partial charge in [-0.2, -0.15) is 18.7 Å². The minimum atomic E-state index is -2.32. The van der Waals surface area contributed by atoms with E-state index in [0.717, 1.165) is 43.4 Å². The molecular formula is C70H88BBr3Cl2N14O14S2Si2. The topological polar surface area (TPSA) is 330 Å². The third kappa shape index (κ3) is 21.8. The highest BCUT2D eigenvalue weighted by atomic mass is 79.9. The summed E-state index contributed by atoms with van der Waals surface area (Å²) in [6, 6.07) is 32.4. The SMILES string of the molecule is Brc1ccc(Br)nn1.CC1(C)OB(c2ccc(-c3nc4c(cc3Cl)nc(O[C@@H]3CO[C@H]5[C@@H]3OC[C@H]5O)n4COCC[Si](C)(C)C)cc2)OC1(C)C.CS(C)(=O)=Nc1ccc(Br)nn1.C[Si](C)(C)CCOCn1c(O[C@@H]2CO[C@H]3[C@@H]2OC[C@H]3O)nc2cc(Cl)c(-c3ccc(-c4ccc(N=S(C)(C)=O)nn4)cc3)nc21. The molecule has 0 saturated carbocycles. The number of hydrogen-bond acceptors (Lipinski definition) is 26. The standard InChI is InChI=1S/C30H41BClN3O7Si.C30H37ClN6O6SSi.C6H8BrN3OS.C4H2Br2N2/c1-29(2)30(3,4)42-31(41-29)19-10-8-18(9-11-19)24-20(32)14-21-27(34-24)35(17-37-12-13-43(5,6)7)28(33-21)40-23-16-39-25-22(36)15-38-26(23)25;1-44(2,39)36-25-11-10-21(34-35-25)18-6-8-19(9-7-18)26-20(31)14-22-29(33-26)37(17-40-12-13-45(3,4)5)30(32-22)43-24-16-42-27-23(38)15-41-28(24)27;1-12(2,11)10-6-4-3-5(7)8-9-6;5-3-1-2-4(6)8-7-3/h8-11,14,22-23,25-26,36H,12-13,15-17H2,1-7H3;6-11,14,23-24,27-28,38H,12-13,15-17H2,1-5H3;3-4H,1-2H3;1-2H/t22-,23-,25-,26-;23-,24-,27-,28-;;/m11../s1. The lowest BCUT2D eigenvalue weighted by molar-refractivity contribution is 0.00332. The van der Waals surface area contributed by atoms with E-state index < -0.39 is 90.6 Å². The van der Waals surface area contributed by atoms with Crippen LogP contribution in [0.25, 0.3) is 56.1 Å². The van der Waals surface area contributed by atoms with E-state index in [0.29, 0.717) is 97.5 Å². The first-order valence-electron chi connectivity index (χ1n) is 34.7. The van der Waals surface area contributed by atoms with Gasteiger partial charge in [-0.25, -0.2) is 18.4 Å². The van der Waals surface area contributed by atoms with Gasteiger partial charge in [0.1, 0.15) is 74.9 Å². The number of aromatic nitrogens is 12. The summed E-state index contributed by atoms with van der Waals surface area (Å²) < 4.78 is 97.3. The summed E-state index contributed by atoms with van der Waals surface area (Å²) in [6.45, 7) is 24.7. The van der Waals surface area contributed by atoms with Crippen molar-refractivity contribution >= 4 is 153 Å². The molecular weight excluding hydrogens is 1700 g/mol. The maximum absolute atomic E-state index is 12.0. The molecule has 14 rings (SSSR count). The summed E-state index contributed by atoms with van der Waals surface area (Å²) in [5, 5.41) is 44.4. The van der Waals surface area contributed by atoms with Crippen LogP contribution in [0, 0.1) is 0 Å². The van der Waals surface area contributed by atoms with Crippen molar-refractivity contribution in [3.63, 3.8) is 0 Å².